The molecule has 1 saturated heterocycles. The van der Waals surface area contributed by atoms with Gasteiger partial charge in [-0.1, -0.05) is 30.3 Å². The third kappa shape index (κ3) is 6.67. The van der Waals surface area contributed by atoms with Gasteiger partial charge in [-0.15, -0.1) is 0 Å². The number of ether oxygens (including phenoxy) is 1. The minimum Gasteiger partial charge on any atom is -0.444 e. The van der Waals surface area contributed by atoms with Crippen LogP contribution in [-0.2, 0) is 4.74 Å². The van der Waals surface area contributed by atoms with Gasteiger partial charge in [0, 0.05) is 20.1 Å². The van der Waals surface area contributed by atoms with Crippen LogP contribution in [0.1, 0.15) is 45.3 Å². The Hall–Kier alpha value is -1.59. The molecule has 1 aromatic carbocycles. The molecule has 5 nitrogen and oxygen atoms in total. The van der Waals surface area contributed by atoms with Crippen LogP contribution < -0.4 is 0 Å². The quantitative estimate of drug-likeness (QED) is 0.887. The molecule has 1 aliphatic heterocycles. The van der Waals surface area contributed by atoms with Gasteiger partial charge in [-0.05, 0) is 58.2 Å². The number of nitrogens with zero attached hydrogens (tertiary/aromatic N) is 2. The van der Waals surface area contributed by atoms with Gasteiger partial charge in [0.25, 0.3) is 0 Å². The summed E-state index contributed by atoms with van der Waals surface area (Å²) < 4.78 is 5.41. The molecule has 2 rings (SSSR count). The molecule has 0 aromatic heterocycles. The Morgan fingerprint density at radius 3 is 2.44 bits per heavy atom. The fraction of sp³-hybridized carbons (Fsp3) is 0.650. The number of β-amino-alcohol motifs (C(OH)–C–C–N with tert-alkyl or cyclic N) is 1. The molecule has 25 heavy (non-hydrogen) atoms. The Morgan fingerprint density at radius 2 is 1.88 bits per heavy atom. The van der Waals surface area contributed by atoms with Crippen LogP contribution >= 0.6 is 0 Å². The number of carbonyl (C=O) groups is 1. The summed E-state index contributed by atoms with van der Waals surface area (Å²) in [6.07, 6.45) is 1.38. The molecule has 0 aliphatic carbocycles. The van der Waals surface area contributed by atoms with E-state index in [1.54, 1.807) is 11.9 Å². The third-order valence-corrected chi connectivity index (χ3v) is 4.56. The normalized spacial score (nSPS) is 18.0. The molecule has 0 radical (unpaired) electrons. The molecule has 1 fully saturated rings. The first-order valence-corrected chi connectivity index (χ1v) is 9.14. The summed E-state index contributed by atoms with van der Waals surface area (Å²) in [5, 5.41) is 10.4. The number of hydrogen-bond acceptors (Lipinski definition) is 4. The lowest BCUT2D eigenvalue weighted by atomic mass is 9.96. The van der Waals surface area contributed by atoms with Crippen molar-refractivity contribution >= 4 is 6.09 Å². The molecule has 1 aliphatic rings. The highest BCUT2D eigenvalue weighted by Gasteiger charge is 2.25. The second-order valence-corrected chi connectivity index (χ2v) is 8.03. The Bertz CT molecular complexity index is 534. The maximum atomic E-state index is 12.1. The predicted molar refractivity (Wildman–Crippen MR) is 99.4 cm³/mol. The lowest BCUT2D eigenvalue weighted by Gasteiger charge is -2.35. The summed E-state index contributed by atoms with van der Waals surface area (Å²) >= 11 is 0. The zero-order valence-electron chi connectivity index (χ0n) is 15.9. The fourth-order valence-electron chi connectivity index (χ4n) is 3.18. The zero-order chi connectivity index (χ0) is 18.4. The summed E-state index contributed by atoms with van der Waals surface area (Å²) in [5.74, 6) is 0.489. The third-order valence-electron chi connectivity index (χ3n) is 4.56. The van der Waals surface area contributed by atoms with Gasteiger partial charge < -0.3 is 19.6 Å². The number of piperidine rings is 1. The number of aliphatic hydroxyl groups excluding tert-OH is 1. The van der Waals surface area contributed by atoms with Crippen molar-refractivity contribution in [1.82, 2.24) is 9.80 Å². The lowest BCUT2D eigenvalue weighted by molar-refractivity contribution is 0.0239. The molecule has 1 aromatic rings. The van der Waals surface area contributed by atoms with Crippen molar-refractivity contribution in [3.63, 3.8) is 0 Å². The van der Waals surface area contributed by atoms with E-state index in [2.05, 4.69) is 4.90 Å². The molecule has 1 unspecified atom stereocenters. The molecule has 1 atom stereocenters. The maximum absolute atomic E-state index is 12.1. The van der Waals surface area contributed by atoms with Crippen LogP contribution in [0.4, 0.5) is 4.79 Å². The van der Waals surface area contributed by atoms with Crippen LogP contribution in [0.5, 0.6) is 0 Å². The number of aliphatic hydroxyl groups is 1. The summed E-state index contributed by atoms with van der Waals surface area (Å²) in [6, 6.07) is 9.80. The number of carbonyl (C=O) groups excluding carboxylic acids is 1. The largest absolute Gasteiger partial charge is 0.444 e. The number of benzene rings is 1. The fourth-order valence-corrected chi connectivity index (χ4v) is 3.18. The summed E-state index contributed by atoms with van der Waals surface area (Å²) in [7, 11) is 1.81. The maximum Gasteiger partial charge on any atom is 0.410 e. The Labute approximate surface area is 151 Å². The smallest absolute Gasteiger partial charge is 0.410 e. The highest BCUT2D eigenvalue weighted by Crippen LogP contribution is 2.22. The minimum atomic E-state index is -0.456. The molecular formula is C20H32N2O3. The number of hydrogen-bond donors (Lipinski definition) is 1. The Balaban J connectivity index is 1.73. The summed E-state index contributed by atoms with van der Waals surface area (Å²) in [5.41, 5.74) is 0.511. The predicted octanol–water partition coefficient (Wildman–Crippen LogP) is 3.30. The van der Waals surface area contributed by atoms with Gasteiger partial charge in [-0.3, -0.25) is 0 Å². The molecule has 5 heteroatoms. The molecular weight excluding hydrogens is 316 g/mol. The summed E-state index contributed by atoms with van der Waals surface area (Å²) in [4.78, 5) is 16.1. The second kappa shape index (κ2) is 8.68. The first-order chi connectivity index (χ1) is 11.7. The van der Waals surface area contributed by atoms with Crippen LogP contribution in [0.15, 0.2) is 30.3 Å². The molecule has 1 amide bonds. The van der Waals surface area contributed by atoms with Crippen LogP contribution in [0.3, 0.4) is 0 Å². The van der Waals surface area contributed by atoms with Gasteiger partial charge in [-0.25, -0.2) is 4.79 Å². The number of amides is 1. The first kappa shape index (κ1) is 19.7. The zero-order valence-corrected chi connectivity index (χ0v) is 15.9. The molecule has 1 heterocycles. The van der Waals surface area contributed by atoms with Crippen molar-refractivity contribution in [2.75, 3.05) is 33.2 Å². The molecule has 0 saturated carbocycles. The lowest BCUT2D eigenvalue weighted by Crippen LogP contribution is -2.42. The van der Waals surface area contributed by atoms with Crippen LogP contribution in [0, 0.1) is 5.92 Å². The topological polar surface area (TPSA) is 53.0 Å². The average molecular weight is 348 g/mol. The molecule has 0 bridgehead atoms. The van der Waals surface area contributed by atoms with Crippen LogP contribution in [0.25, 0.3) is 0 Å². The van der Waals surface area contributed by atoms with Gasteiger partial charge >= 0.3 is 6.09 Å². The van der Waals surface area contributed by atoms with Crippen molar-refractivity contribution < 1.29 is 14.6 Å². The Kier molecular flexibility index (Phi) is 6.85. The van der Waals surface area contributed by atoms with E-state index in [0.29, 0.717) is 12.5 Å². The standard InChI is InChI=1S/C20H32N2O3/c1-20(2,3)25-19(24)21(4)14-16-10-12-22(13-11-16)15-18(23)17-8-6-5-7-9-17/h5-9,16,18,23H,10-15H2,1-4H3. The minimum absolute atomic E-state index is 0.255. The van der Waals surface area contributed by atoms with Crippen LogP contribution in [-0.4, -0.2) is 59.8 Å². The van der Waals surface area contributed by atoms with E-state index in [1.165, 1.54) is 0 Å². The van der Waals surface area contributed by atoms with Crippen LogP contribution in [0.2, 0.25) is 0 Å². The van der Waals surface area contributed by atoms with E-state index in [9.17, 15) is 9.90 Å². The van der Waals surface area contributed by atoms with Crippen molar-refractivity contribution in [2.45, 2.75) is 45.3 Å². The monoisotopic (exact) mass is 348 g/mol. The van der Waals surface area contributed by atoms with Crippen molar-refractivity contribution in [1.29, 1.82) is 0 Å². The van der Waals surface area contributed by atoms with E-state index in [0.717, 1.165) is 38.0 Å². The SMILES string of the molecule is CN(CC1CCN(CC(O)c2ccccc2)CC1)C(=O)OC(C)(C)C. The van der Waals surface area contributed by atoms with Crippen molar-refractivity contribution in [2.24, 2.45) is 5.92 Å². The second-order valence-electron chi connectivity index (χ2n) is 8.03. The number of rotatable bonds is 5. The Morgan fingerprint density at radius 1 is 1.28 bits per heavy atom. The average Bonchev–Trinajstić information content (AvgIpc) is 2.56. The van der Waals surface area contributed by atoms with Gasteiger partial charge in [0.15, 0.2) is 0 Å². The highest BCUT2D eigenvalue weighted by atomic mass is 16.6. The van der Waals surface area contributed by atoms with E-state index >= 15 is 0 Å². The van der Waals surface area contributed by atoms with E-state index in [1.807, 2.05) is 51.1 Å². The molecule has 140 valence electrons. The van der Waals surface area contributed by atoms with E-state index < -0.39 is 11.7 Å². The van der Waals surface area contributed by atoms with E-state index in [-0.39, 0.29) is 6.09 Å². The van der Waals surface area contributed by atoms with Crippen molar-refractivity contribution in [3.8, 4) is 0 Å². The number of likely N-dealkylation sites (tertiary alicyclic amines) is 1. The highest BCUT2D eigenvalue weighted by molar-refractivity contribution is 5.67. The van der Waals surface area contributed by atoms with Gasteiger partial charge in [0.05, 0.1) is 6.10 Å². The van der Waals surface area contributed by atoms with Gasteiger partial charge in [-0.2, -0.15) is 0 Å². The van der Waals surface area contributed by atoms with E-state index in [4.69, 9.17) is 4.74 Å². The van der Waals surface area contributed by atoms with Gasteiger partial charge in [0.2, 0.25) is 0 Å². The van der Waals surface area contributed by atoms with Crippen molar-refractivity contribution in [3.05, 3.63) is 35.9 Å². The molecule has 0 spiro atoms. The van der Waals surface area contributed by atoms with Gasteiger partial charge in [0.1, 0.15) is 5.60 Å². The first-order valence-electron chi connectivity index (χ1n) is 9.14. The summed E-state index contributed by atoms with van der Waals surface area (Å²) in [6.45, 7) is 8.95. The molecule has 1 N–H and O–H groups in total.